The zero-order chi connectivity index (χ0) is 19.1. The zero-order valence-electron chi connectivity index (χ0n) is 14.4. The van der Waals surface area contributed by atoms with E-state index in [0.29, 0.717) is 5.56 Å². The van der Waals surface area contributed by atoms with E-state index < -0.39 is 4.92 Å². The molecule has 1 aliphatic heterocycles. The van der Waals surface area contributed by atoms with Gasteiger partial charge in [0.25, 0.3) is 11.8 Å². The molecular formula is C19H17N3O5. The maximum atomic E-state index is 12.6. The average Bonchev–Trinajstić information content (AvgIpc) is 3.33. The van der Waals surface area contributed by atoms with Crippen molar-refractivity contribution in [2.75, 3.05) is 6.61 Å². The predicted octanol–water partition coefficient (Wildman–Crippen LogP) is 2.30. The molecule has 2 aliphatic carbocycles. The lowest BCUT2D eigenvalue weighted by Gasteiger charge is -2.13. The maximum absolute atomic E-state index is 12.6. The second-order valence-corrected chi connectivity index (χ2v) is 6.79. The third kappa shape index (κ3) is 2.64. The zero-order valence-corrected chi connectivity index (χ0v) is 14.4. The van der Waals surface area contributed by atoms with Gasteiger partial charge in [0.2, 0.25) is 5.75 Å². The molecule has 2 amide bonds. The molecule has 0 aromatic heterocycles. The van der Waals surface area contributed by atoms with Crippen molar-refractivity contribution in [2.45, 2.75) is 6.42 Å². The first-order valence-corrected chi connectivity index (χ1v) is 8.64. The summed E-state index contributed by atoms with van der Waals surface area (Å²) in [6.45, 7) is 3.61. The fourth-order valence-corrected chi connectivity index (χ4v) is 4.21. The molecule has 1 heterocycles. The fourth-order valence-electron chi connectivity index (χ4n) is 4.21. The Balaban J connectivity index is 1.63. The number of rotatable bonds is 6. The smallest absolute Gasteiger partial charge is 0.311 e. The van der Waals surface area contributed by atoms with E-state index in [1.165, 1.54) is 24.4 Å². The Bertz CT molecular complexity index is 877. The van der Waals surface area contributed by atoms with Gasteiger partial charge in [0.05, 0.1) is 23.0 Å². The Kier molecular flexibility index (Phi) is 4.10. The SMILES string of the molecule is C=CCOc1c(C=NN2C(=O)[C@@H]3[C@H](C2=O)[C@H]2C=C[C@H]3C2)cccc1[N+](=O)[O-]. The van der Waals surface area contributed by atoms with Gasteiger partial charge in [0.1, 0.15) is 6.61 Å². The van der Waals surface area contributed by atoms with E-state index in [4.69, 9.17) is 4.74 Å². The van der Waals surface area contributed by atoms with Crippen LogP contribution in [0, 0.1) is 33.8 Å². The van der Waals surface area contributed by atoms with Gasteiger partial charge >= 0.3 is 5.69 Å². The standard InChI is InChI=1S/C19H17N3O5/c1-2-8-27-17-13(4-3-5-14(17)22(25)26)10-20-21-18(23)15-11-6-7-12(9-11)16(15)19(21)24/h2-7,10-12,15-16H,1,8-9H2/t11-,12-,15-,16+/m0/s1. The second-order valence-electron chi connectivity index (χ2n) is 6.79. The average molecular weight is 367 g/mol. The maximum Gasteiger partial charge on any atom is 0.311 e. The number of carbonyl (C=O) groups excluding carboxylic acids is 2. The lowest BCUT2D eigenvalue weighted by atomic mass is 9.85. The number of carbonyl (C=O) groups is 2. The highest BCUT2D eigenvalue weighted by molar-refractivity contribution is 6.07. The van der Waals surface area contributed by atoms with Gasteiger partial charge in [-0.1, -0.05) is 30.9 Å². The molecule has 27 heavy (non-hydrogen) atoms. The third-order valence-corrected chi connectivity index (χ3v) is 5.33. The number of nitro benzene ring substituents is 1. The van der Waals surface area contributed by atoms with Crippen LogP contribution in [-0.2, 0) is 9.59 Å². The topological polar surface area (TPSA) is 102 Å². The Morgan fingerprint density at radius 3 is 2.52 bits per heavy atom. The van der Waals surface area contributed by atoms with E-state index >= 15 is 0 Å². The minimum Gasteiger partial charge on any atom is -0.482 e. The number of para-hydroxylation sites is 1. The van der Waals surface area contributed by atoms with Crippen LogP contribution in [0.5, 0.6) is 5.75 Å². The molecule has 3 aliphatic rings. The number of ether oxygens (including phenoxy) is 1. The largest absolute Gasteiger partial charge is 0.482 e. The van der Waals surface area contributed by atoms with Gasteiger partial charge in [-0.05, 0) is 24.3 Å². The molecule has 8 nitrogen and oxygen atoms in total. The number of nitrogens with zero attached hydrogens (tertiary/aromatic N) is 3. The predicted molar refractivity (Wildman–Crippen MR) is 96.0 cm³/mol. The summed E-state index contributed by atoms with van der Waals surface area (Å²) in [4.78, 5) is 36.0. The van der Waals surface area contributed by atoms with Crippen molar-refractivity contribution >= 4 is 23.7 Å². The summed E-state index contributed by atoms with van der Waals surface area (Å²) >= 11 is 0. The van der Waals surface area contributed by atoms with Crippen molar-refractivity contribution in [1.29, 1.82) is 0 Å². The molecule has 0 unspecified atom stereocenters. The van der Waals surface area contributed by atoms with Crippen molar-refractivity contribution in [3.8, 4) is 5.75 Å². The first-order chi connectivity index (χ1) is 13.0. The van der Waals surface area contributed by atoms with E-state index in [1.807, 2.05) is 12.2 Å². The third-order valence-electron chi connectivity index (χ3n) is 5.33. The van der Waals surface area contributed by atoms with Gasteiger partial charge in [0, 0.05) is 11.6 Å². The van der Waals surface area contributed by atoms with E-state index in [9.17, 15) is 19.7 Å². The van der Waals surface area contributed by atoms with Crippen LogP contribution in [-0.4, -0.2) is 34.6 Å². The molecule has 4 atom stereocenters. The molecule has 8 heteroatoms. The highest BCUT2D eigenvalue weighted by atomic mass is 16.6. The minimum absolute atomic E-state index is 0.0205. The monoisotopic (exact) mass is 367 g/mol. The van der Waals surface area contributed by atoms with Crippen LogP contribution in [0.3, 0.4) is 0 Å². The molecule has 1 saturated heterocycles. The summed E-state index contributed by atoms with van der Waals surface area (Å²) in [5, 5.41) is 16.2. The lowest BCUT2D eigenvalue weighted by Crippen LogP contribution is -2.28. The number of allylic oxidation sites excluding steroid dienone is 2. The lowest BCUT2D eigenvalue weighted by molar-refractivity contribution is -0.385. The van der Waals surface area contributed by atoms with Crippen LogP contribution in [0.15, 0.2) is 48.1 Å². The van der Waals surface area contributed by atoms with Crippen LogP contribution < -0.4 is 4.74 Å². The Morgan fingerprint density at radius 2 is 1.93 bits per heavy atom. The van der Waals surface area contributed by atoms with E-state index in [1.54, 1.807) is 6.07 Å². The number of hydrogen-bond acceptors (Lipinski definition) is 6. The highest BCUT2D eigenvalue weighted by Crippen LogP contribution is 2.52. The van der Waals surface area contributed by atoms with Crippen molar-refractivity contribution in [3.63, 3.8) is 0 Å². The van der Waals surface area contributed by atoms with Gasteiger partial charge in [-0.15, -0.1) is 0 Å². The summed E-state index contributed by atoms with van der Waals surface area (Å²) < 4.78 is 5.42. The van der Waals surface area contributed by atoms with Gasteiger partial charge in [-0.25, -0.2) is 0 Å². The minimum atomic E-state index is -0.560. The summed E-state index contributed by atoms with van der Waals surface area (Å²) in [6.07, 6.45) is 7.58. The molecule has 138 valence electrons. The van der Waals surface area contributed by atoms with Crippen LogP contribution in [0.2, 0.25) is 0 Å². The first-order valence-electron chi connectivity index (χ1n) is 8.64. The highest BCUT2D eigenvalue weighted by Gasteiger charge is 2.59. The van der Waals surface area contributed by atoms with Crippen molar-refractivity contribution in [3.05, 3.63) is 58.7 Å². The van der Waals surface area contributed by atoms with E-state index in [0.717, 1.165) is 11.4 Å². The molecule has 1 saturated carbocycles. The van der Waals surface area contributed by atoms with Crippen LogP contribution in [0.25, 0.3) is 0 Å². The molecule has 2 bridgehead atoms. The molecule has 0 radical (unpaired) electrons. The van der Waals surface area contributed by atoms with E-state index in [-0.39, 0.29) is 53.5 Å². The van der Waals surface area contributed by atoms with Gasteiger partial charge in [-0.3, -0.25) is 19.7 Å². The first kappa shape index (κ1) is 17.1. The molecular weight excluding hydrogens is 350 g/mol. The quantitative estimate of drug-likeness (QED) is 0.252. The summed E-state index contributed by atoms with van der Waals surface area (Å²) in [6, 6.07) is 4.38. The number of fused-ring (bicyclic) bond motifs is 5. The summed E-state index contributed by atoms with van der Waals surface area (Å²) in [7, 11) is 0. The number of hydrazone groups is 1. The number of benzene rings is 1. The number of imide groups is 1. The van der Waals surface area contributed by atoms with Crippen molar-refractivity contribution in [2.24, 2.45) is 28.8 Å². The molecule has 2 fully saturated rings. The van der Waals surface area contributed by atoms with Crippen LogP contribution >= 0.6 is 0 Å². The molecule has 1 aromatic carbocycles. The van der Waals surface area contributed by atoms with Gasteiger partial charge in [-0.2, -0.15) is 10.1 Å². The second kappa shape index (κ2) is 6.46. The molecule has 0 N–H and O–H groups in total. The number of hydrogen-bond donors (Lipinski definition) is 0. The Hall–Kier alpha value is -3.29. The molecule has 1 aromatic rings. The van der Waals surface area contributed by atoms with Crippen LogP contribution in [0.1, 0.15) is 12.0 Å². The molecule has 4 rings (SSSR count). The Morgan fingerprint density at radius 1 is 1.26 bits per heavy atom. The van der Waals surface area contributed by atoms with Crippen molar-refractivity contribution in [1.82, 2.24) is 5.01 Å². The van der Waals surface area contributed by atoms with Gasteiger partial charge in [0.15, 0.2) is 0 Å². The van der Waals surface area contributed by atoms with Crippen LogP contribution in [0.4, 0.5) is 5.69 Å². The summed E-state index contributed by atoms with van der Waals surface area (Å²) in [5.74, 6) is -1.08. The fraction of sp³-hybridized carbons (Fsp3) is 0.316. The molecule has 0 spiro atoms. The van der Waals surface area contributed by atoms with E-state index in [2.05, 4.69) is 11.7 Å². The Labute approximate surface area is 154 Å². The number of nitro groups is 1. The normalized spacial score (nSPS) is 28.2. The van der Waals surface area contributed by atoms with Crippen molar-refractivity contribution < 1.29 is 19.2 Å². The van der Waals surface area contributed by atoms with Gasteiger partial charge < -0.3 is 4.74 Å². The summed E-state index contributed by atoms with van der Waals surface area (Å²) in [5.41, 5.74) is 0.0868. The number of amides is 2.